The molecule has 34 valence electrons. The fraction of sp³-hybridized carbons (Fsp3) is 0. The second-order valence-electron chi connectivity index (χ2n) is 0.389. The number of hydrogen-bond donors (Lipinski definition) is 1. The molecule has 0 aromatic heterocycles. The molecule has 0 saturated carbocycles. The summed E-state index contributed by atoms with van der Waals surface area (Å²) in [6.07, 6.45) is 0. The van der Waals surface area contributed by atoms with Crippen molar-refractivity contribution < 1.29 is 30.6 Å². The average molecular weight is 273 g/mol. The summed E-state index contributed by atoms with van der Waals surface area (Å²) in [5.41, 5.74) is 0. The molecule has 5 heteroatoms. The normalized spacial score (nSPS) is 11.8. The van der Waals surface area contributed by atoms with Crippen molar-refractivity contribution in [3.8, 4) is 0 Å². The molecule has 0 fully saturated rings. The van der Waals surface area contributed by atoms with Gasteiger partial charge in [-0.05, 0) is 0 Å². The maximum absolute atomic E-state index is 9.19. The molecule has 0 aliphatic rings. The zero-order chi connectivity index (χ0) is 4.50. The van der Waals surface area contributed by atoms with Gasteiger partial charge in [-0.1, -0.05) is 0 Å². The molecule has 0 radical (unpaired) electrons. The van der Waals surface area contributed by atoms with Crippen LogP contribution < -0.4 is 0 Å². The predicted octanol–water partition coefficient (Wildman–Crippen LogP) is -0.664. The maximum atomic E-state index is 9.19. The Hall–Kier alpha value is 0.559. The van der Waals surface area contributed by atoms with E-state index in [-0.39, 0.29) is 0 Å². The zero-order valence-corrected chi connectivity index (χ0v) is 5.22. The van der Waals surface area contributed by atoms with Crippen LogP contribution in [0, 0.1) is 0 Å². The van der Waals surface area contributed by atoms with Crippen LogP contribution in [-0.2, 0) is 25.7 Å². The van der Waals surface area contributed by atoms with Crippen molar-refractivity contribution in [3.05, 3.63) is 0 Å². The zero-order valence-electron chi connectivity index (χ0n) is 2.01. The Morgan fingerprint density at radius 2 is 1.60 bits per heavy atom. The summed E-state index contributed by atoms with van der Waals surface area (Å²) in [4.78, 5) is 0. The fourth-order valence-corrected chi connectivity index (χ4v) is 0. The minimum atomic E-state index is -3.67. The number of rotatable bonds is 0. The Kier molecular flexibility index (Phi) is 1.49. The van der Waals surface area contributed by atoms with Gasteiger partial charge >= 0.3 is 38.6 Å². The molecule has 0 aromatic rings. The van der Waals surface area contributed by atoms with Crippen LogP contribution in [0.15, 0.2) is 0 Å². The molecule has 0 rings (SSSR count). The molecule has 0 heterocycles. The Morgan fingerprint density at radius 1 is 1.60 bits per heavy atom. The summed E-state index contributed by atoms with van der Waals surface area (Å²) >= 11 is 0.715. The summed E-state index contributed by atoms with van der Waals surface area (Å²) in [7, 11) is -3.67. The Labute approximate surface area is 39.1 Å². The molecule has 0 bridgehead atoms. The van der Waals surface area contributed by atoms with E-state index < -0.39 is 8.00 Å². The third-order valence-electron chi connectivity index (χ3n) is 0. The van der Waals surface area contributed by atoms with Crippen LogP contribution in [-0.4, -0.2) is 13.0 Å². The molecular formula is HIrO3S. The van der Waals surface area contributed by atoms with Gasteiger partial charge in [-0.2, -0.15) is 0 Å². The van der Waals surface area contributed by atoms with Crippen molar-refractivity contribution in [2.45, 2.75) is 0 Å². The molecular weight excluding hydrogens is 272 g/mol. The molecule has 0 aliphatic carbocycles. The molecule has 1 N–H and O–H groups in total. The Balaban J connectivity index is 4.06. The van der Waals surface area contributed by atoms with Gasteiger partial charge in [0.05, 0.1) is 0 Å². The predicted molar refractivity (Wildman–Crippen MR) is 11.5 cm³/mol. The van der Waals surface area contributed by atoms with Gasteiger partial charge < -0.3 is 0 Å². The molecule has 5 heavy (non-hydrogen) atoms. The summed E-state index contributed by atoms with van der Waals surface area (Å²) in [6.45, 7) is 0. The first-order chi connectivity index (χ1) is 2.00. The minimum absolute atomic E-state index is 0.715. The van der Waals surface area contributed by atoms with E-state index in [1.807, 2.05) is 0 Å². The molecule has 0 aliphatic heterocycles. The van der Waals surface area contributed by atoms with Gasteiger partial charge in [0.2, 0.25) is 0 Å². The van der Waals surface area contributed by atoms with Gasteiger partial charge in [0.25, 0.3) is 0 Å². The summed E-state index contributed by atoms with van der Waals surface area (Å²) in [6, 6.07) is 0. The van der Waals surface area contributed by atoms with Crippen LogP contribution in [0.5, 0.6) is 0 Å². The summed E-state index contributed by atoms with van der Waals surface area (Å²) < 4.78 is 25.9. The van der Waals surface area contributed by atoms with Gasteiger partial charge in [-0.25, -0.2) is 0 Å². The van der Waals surface area contributed by atoms with E-state index in [0.29, 0.717) is 17.7 Å². The molecule has 0 atom stereocenters. The van der Waals surface area contributed by atoms with E-state index in [1.165, 1.54) is 0 Å². The van der Waals surface area contributed by atoms with Gasteiger partial charge in [-0.3, -0.25) is 0 Å². The number of hydrogen-bond acceptors (Lipinski definition) is 2. The molecule has 0 unspecified atom stereocenters. The van der Waals surface area contributed by atoms with Crippen molar-refractivity contribution in [3.63, 3.8) is 0 Å². The van der Waals surface area contributed by atoms with Gasteiger partial charge in [0.1, 0.15) is 0 Å². The second-order valence-corrected chi connectivity index (χ2v) is 4.87. The summed E-state index contributed by atoms with van der Waals surface area (Å²) in [5.74, 6) is 0. The first kappa shape index (κ1) is 5.56. The summed E-state index contributed by atoms with van der Waals surface area (Å²) in [5, 5.41) is 0. The molecule has 0 amide bonds. The third kappa shape index (κ3) is 95.5. The van der Waals surface area contributed by atoms with Crippen molar-refractivity contribution in [2.75, 3.05) is 0 Å². The average Bonchev–Trinajstić information content (AvgIpc) is 0.722. The van der Waals surface area contributed by atoms with Crippen LogP contribution in [0.2, 0.25) is 0 Å². The van der Waals surface area contributed by atoms with E-state index in [2.05, 4.69) is 0 Å². The van der Waals surface area contributed by atoms with Crippen LogP contribution in [0.4, 0.5) is 0 Å². The quantitative estimate of drug-likeness (QED) is 0.596. The first-order valence-electron chi connectivity index (χ1n) is 0.652. The monoisotopic (exact) mass is 274 g/mol. The van der Waals surface area contributed by atoms with E-state index in [9.17, 15) is 8.42 Å². The van der Waals surface area contributed by atoms with E-state index in [1.54, 1.807) is 0 Å². The van der Waals surface area contributed by atoms with E-state index in [4.69, 9.17) is 4.55 Å². The van der Waals surface area contributed by atoms with E-state index >= 15 is 0 Å². The van der Waals surface area contributed by atoms with Gasteiger partial charge in [0, 0.05) is 0 Å². The Morgan fingerprint density at radius 3 is 1.60 bits per heavy atom. The third-order valence-corrected chi connectivity index (χ3v) is 0. The van der Waals surface area contributed by atoms with Crippen LogP contribution in [0.3, 0.4) is 0 Å². The first-order valence-corrected chi connectivity index (χ1v) is 4.89. The molecule has 0 saturated heterocycles. The second kappa shape index (κ2) is 1.34. The topological polar surface area (TPSA) is 54.4 Å². The molecule has 0 spiro atoms. The van der Waals surface area contributed by atoms with Crippen LogP contribution in [0.1, 0.15) is 0 Å². The van der Waals surface area contributed by atoms with Crippen LogP contribution in [0.25, 0.3) is 0 Å². The fourth-order valence-electron chi connectivity index (χ4n) is 0. The molecule has 3 nitrogen and oxygen atoms in total. The van der Waals surface area contributed by atoms with Crippen LogP contribution >= 0.6 is 0 Å². The molecule has 0 aromatic carbocycles. The van der Waals surface area contributed by atoms with Crippen molar-refractivity contribution >= 4 is 8.00 Å². The SMILES string of the molecule is O=[S](=O)(O)[Ir]. The van der Waals surface area contributed by atoms with E-state index in [0.717, 1.165) is 0 Å². The van der Waals surface area contributed by atoms with Gasteiger partial charge in [-0.15, -0.1) is 0 Å². The standard InChI is InChI=1S/Ir.HO3S/c;1-4(2)3/h;(H,1,2,3). The van der Waals surface area contributed by atoms with Gasteiger partial charge in [0.15, 0.2) is 0 Å². The van der Waals surface area contributed by atoms with Crippen molar-refractivity contribution in [1.29, 1.82) is 0 Å². The Bertz CT molecular complexity index is 90.1. The van der Waals surface area contributed by atoms with Crippen molar-refractivity contribution in [2.24, 2.45) is 0 Å². The van der Waals surface area contributed by atoms with Crippen molar-refractivity contribution in [1.82, 2.24) is 0 Å².